The lowest BCUT2D eigenvalue weighted by Crippen LogP contribution is -2.12. The maximum Gasteiger partial charge on any atom is 0.275 e. The molecule has 0 radical (unpaired) electrons. The van der Waals surface area contributed by atoms with E-state index >= 15 is 0 Å². The Kier molecular flexibility index (Phi) is 6.05. The first kappa shape index (κ1) is 22.0. The number of amides is 1. The minimum absolute atomic E-state index is 0.122. The number of hydrogen-bond acceptors (Lipinski definition) is 5. The minimum atomic E-state index is -0.583. The topological polar surface area (TPSA) is 110 Å². The van der Waals surface area contributed by atoms with Gasteiger partial charge in [-0.15, -0.1) is 0 Å². The van der Waals surface area contributed by atoms with Gasteiger partial charge in [0, 0.05) is 22.7 Å². The van der Waals surface area contributed by atoms with Crippen LogP contribution in [0.25, 0.3) is 11.3 Å². The number of nitro groups is 1. The number of anilines is 1. The SMILES string of the molecule is Cc1cc(Cl)ccc1Oc1cc(NC(=O)c2cc(-c3ccc(F)cc3)n[nH]2)cc([N+](=O)[O-])c1. The Morgan fingerprint density at radius 1 is 1.12 bits per heavy atom. The first-order chi connectivity index (χ1) is 15.8. The van der Waals surface area contributed by atoms with E-state index in [0.29, 0.717) is 22.0 Å². The van der Waals surface area contributed by atoms with Gasteiger partial charge >= 0.3 is 0 Å². The Morgan fingerprint density at radius 3 is 2.58 bits per heavy atom. The summed E-state index contributed by atoms with van der Waals surface area (Å²) in [5, 5.41) is 21.2. The number of carbonyl (C=O) groups excluding carboxylic acids is 1. The zero-order chi connectivity index (χ0) is 23.5. The van der Waals surface area contributed by atoms with E-state index in [-0.39, 0.29) is 28.6 Å². The maximum atomic E-state index is 13.1. The summed E-state index contributed by atoms with van der Waals surface area (Å²) in [4.78, 5) is 23.5. The van der Waals surface area contributed by atoms with Gasteiger partial charge in [0.2, 0.25) is 0 Å². The van der Waals surface area contributed by atoms with Crippen molar-refractivity contribution in [1.82, 2.24) is 10.2 Å². The Bertz CT molecular complexity index is 1360. The van der Waals surface area contributed by atoms with Crippen molar-refractivity contribution in [2.24, 2.45) is 0 Å². The number of nitro benzene ring substituents is 1. The lowest BCUT2D eigenvalue weighted by Gasteiger charge is -2.11. The number of aromatic amines is 1. The number of hydrogen-bond donors (Lipinski definition) is 2. The monoisotopic (exact) mass is 466 g/mol. The number of rotatable bonds is 6. The first-order valence-corrected chi connectivity index (χ1v) is 10.0. The smallest absolute Gasteiger partial charge is 0.275 e. The lowest BCUT2D eigenvalue weighted by atomic mass is 10.1. The number of halogens is 2. The third-order valence-electron chi connectivity index (χ3n) is 4.69. The molecule has 0 bridgehead atoms. The fraction of sp³-hybridized carbons (Fsp3) is 0.0435. The molecule has 33 heavy (non-hydrogen) atoms. The molecule has 166 valence electrons. The van der Waals surface area contributed by atoms with E-state index in [1.54, 1.807) is 25.1 Å². The fourth-order valence-electron chi connectivity index (χ4n) is 3.08. The number of nitrogens with one attached hydrogen (secondary N) is 2. The van der Waals surface area contributed by atoms with Gasteiger partial charge in [-0.1, -0.05) is 11.6 Å². The van der Waals surface area contributed by atoms with Gasteiger partial charge in [0.25, 0.3) is 11.6 Å². The molecule has 0 aliphatic carbocycles. The van der Waals surface area contributed by atoms with Gasteiger partial charge in [0.1, 0.15) is 23.0 Å². The van der Waals surface area contributed by atoms with Crippen LogP contribution < -0.4 is 10.1 Å². The Morgan fingerprint density at radius 2 is 1.88 bits per heavy atom. The average Bonchev–Trinajstić information content (AvgIpc) is 3.26. The second-order valence-corrected chi connectivity index (χ2v) is 7.55. The molecule has 0 fully saturated rings. The van der Waals surface area contributed by atoms with Crippen LogP contribution in [-0.4, -0.2) is 21.0 Å². The summed E-state index contributed by atoms with van der Waals surface area (Å²) in [6.07, 6.45) is 0. The molecule has 0 aliphatic heterocycles. The molecule has 0 saturated carbocycles. The predicted octanol–water partition coefficient (Wildman–Crippen LogP) is 6.13. The van der Waals surface area contributed by atoms with E-state index in [2.05, 4.69) is 15.5 Å². The highest BCUT2D eigenvalue weighted by molar-refractivity contribution is 6.30. The normalized spacial score (nSPS) is 10.6. The molecule has 0 unspecified atom stereocenters. The summed E-state index contributed by atoms with van der Waals surface area (Å²) < 4.78 is 18.9. The van der Waals surface area contributed by atoms with E-state index in [4.69, 9.17) is 16.3 Å². The quantitative estimate of drug-likeness (QED) is 0.262. The van der Waals surface area contributed by atoms with Gasteiger partial charge in [-0.05, 0) is 61.0 Å². The highest BCUT2D eigenvalue weighted by atomic mass is 35.5. The summed E-state index contributed by atoms with van der Waals surface area (Å²) in [5.41, 5.74) is 1.83. The van der Waals surface area contributed by atoms with Crippen LogP contribution in [0.4, 0.5) is 15.8 Å². The molecular formula is C23H16ClFN4O4. The van der Waals surface area contributed by atoms with Crippen molar-refractivity contribution in [3.63, 3.8) is 0 Å². The van der Waals surface area contributed by atoms with Crippen molar-refractivity contribution in [2.45, 2.75) is 6.92 Å². The van der Waals surface area contributed by atoms with Crippen molar-refractivity contribution in [2.75, 3.05) is 5.32 Å². The van der Waals surface area contributed by atoms with Gasteiger partial charge in [-0.3, -0.25) is 20.0 Å². The maximum absolute atomic E-state index is 13.1. The molecule has 1 aromatic heterocycles. The number of H-pyrrole nitrogens is 1. The fourth-order valence-corrected chi connectivity index (χ4v) is 3.31. The van der Waals surface area contributed by atoms with Gasteiger partial charge in [0.15, 0.2) is 0 Å². The molecule has 10 heteroatoms. The van der Waals surface area contributed by atoms with Gasteiger partial charge in [-0.25, -0.2) is 4.39 Å². The molecule has 1 heterocycles. The van der Waals surface area contributed by atoms with Crippen LogP contribution in [0.1, 0.15) is 16.1 Å². The standard InChI is InChI=1S/C23H16ClFN4O4/c1-13-8-15(24)4-7-22(13)33-19-10-17(9-18(11-19)29(31)32)26-23(30)21-12-20(27-28-21)14-2-5-16(25)6-3-14/h2-12H,1H3,(H,26,30)(H,27,28). The number of benzene rings is 3. The lowest BCUT2D eigenvalue weighted by molar-refractivity contribution is -0.384. The van der Waals surface area contributed by atoms with E-state index in [0.717, 1.165) is 5.56 Å². The summed E-state index contributed by atoms with van der Waals surface area (Å²) >= 11 is 5.96. The third-order valence-corrected chi connectivity index (χ3v) is 4.92. The molecule has 4 aromatic rings. The van der Waals surface area contributed by atoms with E-state index in [1.165, 1.54) is 48.5 Å². The van der Waals surface area contributed by atoms with Gasteiger partial charge in [-0.2, -0.15) is 5.10 Å². The summed E-state index contributed by atoms with van der Waals surface area (Å²) in [6, 6.07) is 16.1. The highest BCUT2D eigenvalue weighted by Gasteiger charge is 2.16. The zero-order valence-electron chi connectivity index (χ0n) is 17.1. The number of ether oxygens (including phenoxy) is 1. The molecule has 0 atom stereocenters. The number of nitrogens with zero attached hydrogens (tertiary/aromatic N) is 2. The highest BCUT2D eigenvalue weighted by Crippen LogP contribution is 2.32. The molecule has 0 saturated heterocycles. The second kappa shape index (κ2) is 9.09. The van der Waals surface area contributed by atoms with Crippen LogP contribution in [0.3, 0.4) is 0 Å². The van der Waals surface area contributed by atoms with E-state index < -0.39 is 10.8 Å². The zero-order valence-corrected chi connectivity index (χ0v) is 17.9. The van der Waals surface area contributed by atoms with E-state index in [9.17, 15) is 19.3 Å². The van der Waals surface area contributed by atoms with Crippen molar-refractivity contribution >= 4 is 28.9 Å². The second-order valence-electron chi connectivity index (χ2n) is 7.11. The summed E-state index contributed by atoms with van der Waals surface area (Å²) in [7, 11) is 0. The average molecular weight is 467 g/mol. The molecular weight excluding hydrogens is 451 g/mol. The van der Waals surface area contributed by atoms with Gasteiger partial charge < -0.3 is 10.1 Å². The van der Waals surface area contributed by atoms with Crippen LogP contribution >= 0.6 is 11.6 Å². The molecule has 4 rings (SSSR count). The van der Waals surface area contributed by atoms with Crippen LogP contribution in [0.15, 0.2) is 66.7 Å². The number of carbonyl (C=O) groups is 1. The molecule has 0 spiro atoms. The number of aryl methyl sites for hydroxylation is 1. The predicted molar refractivity (Wildman–Crippen MR) is 121 cm³/mol. The largest absolute Gasteiger partial charge is 0.457 e. The Labute approximate surface area is 192 Å². The summed E-state index contributed by atoms with van der Waals surface area (Å²) in [6.45, 7) is 1.79. The van der Waals surface area contributed by atoms with Crippen molar-refractivity contribution in [3.05, 3.63) is 98.9 Å². The van der Waals surface area contributed by atoms with Crippen LogP contribution in [0.5, 0.6) is 11.5 Å². The van der Waals surface area contributed by atoms with E-state index in [1.807, 2.05) is 0 Å². The minimum Gasteiger partial charge on any atom is -0.457 e. The van der Waals surface area contributed by atoms with Crippen molar-refractivity contribution in [1.29, 1.82) is 0 Å². The van der Waals surface area contributed by atoms with Crippen molar-refractivity contribution in [3.8, 4) is 22.8 Å². The molecule has 3 aromatic carbocycles. The Hall–Kier alpha value is -4.24. The van der Waals surface area contributed by atoms with Crippen LogP contribution in [-0.2, 0) is 0 Å². The molecule has 8 nitrogen and oxygen atoms in total. The first-order valence-electron chi connectivity index (χ1n) is 9.65. The summed E-state index contributed by atoms with van der Waals surface area (Å²) in [5.74, 6) is -0.314. The molecule has 1 amide bonds. The van der Waals surface area contributed by atoms with Crippen LogP contribution in [0, 0.1) is 22.9 Å². The number of non-ortho nitro benzene ring substituents is 1. The van der Waals surface area contributed by atoms with Crippen molar-refractivity contribution < 1.29 is 18.8 Å². The third kappa shape index (κ3) is 5.16. The molecule has 2 N–H and O–H groups in total. The van der Waals surface area contributed by atoms with Crippen LogP contribution in [0.2, 0.25) is 5.02 Å². The number of aromatic nitrogens is 2. The Balaban J connectivity index is 1.57. The molecule has 0 aliphatic rings. The van der Waals surface area contributed by atoms with Gasteiger partial charge in [0.05, 0.1) is 22.4 Å².